The molecule has 1 unspecified atom stereocenters. The lowest BCUT2D eigenvalue weighted by Gasteiger charge is -2.54. The molecule has 2 fully saturated rings. The number of fused-ring (bicyclic) bond motifs is 1. The number of carbonyl (C=O) groups is 3. The molecular formula is C24H32O9. The van der Waals surface area contributed by atoms with Crippen molar-refractivity contribution in [3.63, 3.8) is 0 Å². The van der Waals surface area contributed by atoms with Crippen LogP contribution in [0, 0.1) is 11.3 Å². The van der Waals surface area contributed by atoms with Crippen LogP contribution < -0.4 is 0 Å². The molecule has 182 valence electrons. The predicted octanol–water partition coefficient (Wildman–Crippen LogP) is 1.35. The van der Waals surface area contributed by atoms with Gasteiger partial charge < -0.3 is 29.2 Å². The summed E-state index contributed by atoms with van der Waals surface area (Å²) in [5, 5.41) is 22.4. The molecule has 9 atom stereocenters. The molecule has 0 saturated carbocycles. The van der Waals surface area contributed by atoms with Crippen molar-refractivity contribution in [2.75, 3.05) is 0 Å². The first-order valence-electron chi connectivity index (χ1n) is 11.2. The van der Waals surface area contributed by atoms with Gasteiger partial charge in [-0.25, -0.2) is 4.79 Å². The highest BCUT2D eigenvalue weighted by molar-refractivity contribution is 5.89. The third-order valence-electron chi connectivity index (χ3n) is 7.92. The van der Waals surface area contributed by atoms with Crippen molar-refractivity contribution >= 4 is 17.9 Å². The fraction of sp³-hybridized carbons (Fsp3) is 0.708. The van der Waals surface area contributed by atoms with Crippen LogP contribution in [0.2, 0.25) is 0 Å². The second-order valence-electron chi connectivity index (χ2n) is 10.3. The van der Waals surface area contributed by atoms with E-state index >= 15 is 0 Å². The number of ether oxygens (including phenoxy) is 4. The van der Waals surface area contributed by atoms with E-state index in [0.29, 0.717) is 12.8 Å². The quantitative estimate of drug-likeness (QED) is 0.269. The molecule has 0 amide bonds. The van der Waals surface area contributed by atoms with Gasteiger partial charge in [-0.2, -0.15) is 0 Å². The maximum absolute atomic E-state index is 12.8. The number of rotatable bonds is 2. The number of hydrogen-bond acceptors (Lipinski definition) is 9. The van der Waals surface area contributed by atoms with Crippen LogP contribution in [0.25, 0.3) is 0 Å². The highest BCUT2D eigenvalue weighted by Crippen LogP contribution is 2.65. The minimum atomic E-state index is -1.82. The Balaban J connectivity index is 1.99. The third kappa shape index (κ3) is 3.27. The zero-order chi connectivity index (χ0) is 24.6. The average Bonchev–Trinajstić information content (AvgIpc) is 3.28. The normalized spacial score (nSPS) is 50.0. The Morgan fingerprint density at radius 3 is 2.36 bits per heavy atom. The minimum Gasteiger partial charge on any atom is -0.462 e. The van der Waals surface area contributed by atoms with Crippen LogP contribution in [0.15, 0.2) is 23.8 Å². The summed E-state index contributed by atoms with van der Waals surface area (Å²) in [5.41, 5.74) is -4.81. The van der Waals surface area contributed by atoms with Gasteiger partial charge in [0.2, 0.25) is 0 Å². The highest BCUT2D eigenvalue weighted by Gasteiger charge is 2.87. The molecular weight excluding hydrogens is 432 g/mol. The first kappa shape index (κ1) is 23.9. The average molecular weight is 465 g/mol. The summed E-state index contributed by atoms with van der Waals surface area (Å²) >= 11 is 0. The number of esters is 3. The molecule has 9 heteroatoms. The molecule has 33 heavy (non-hydrogen) atoms. The fourth-order valence-corrected chi connectivity index (χ4v) is 6.14. The van der Waals surface area contributed by atoms with Crippen molar-refractivity contribution in [1.82, 2.24) is 0 Å². The van der Waals surface area contributed by atoms with Crippen molar-refractivity contribution in [3.8, 4) is 0 Å². The molecule has 2 heterocycles. The van der Waals surface area contributed by atoms with E-state index in [1.165, 1.54) is 26.8 Å². The van der Waals surface area contributed by atoms with Gasteiger partial charge in [-0.15, -0.1) is 0 Å². The number of aliphatic hydroxyl groups excluding tert-OH is 1. The summed E-state index contributed by atoms with van der Waals surface area (Å²) in [6.45, 7) is 9.23. The molecule has 2 saturated heterocycles. The number of aliphatic hydroxyl groups is 2. The van der Waals surface area contributed by atoms with Crippen molar-refractivity contribution < 1.29 is 43.5 Å². The lowest BCUT2D eigenvalue weighted by molar-refractivity contribution is -0.213. The molecule has 1 spiro atoms. The molecule has 2 aliphatic carbocycles. The van der Waals surface area contributed by atoms with E-state index in [1.807, 2.05) is 6.92 Å². The van der Waals surface area contributed by atoms with Gasteiger partial charge in [-0.1, -0.05) is 24.6 Å². The van der Waals surface area contributed by atoms with Gasteiger partial charge in [0.25, 0.3) is 0 Å². The molecule has 4 aliphatic rings. The molecule has 0 aromatic heterocycles. The third-order valence-corrected chi connectivity index (χ3v) is 7.92. The standard InChI is InChI=1S/C24H32O9/c1-12-7-8-16(30-13(2)25)21(4)10-9-15(27)22(5,29)18(21)19(31-14(3)26)24-17(11-12)32-20(28)23(24,6)33-24/h9-11,15-19,27,29H,7-8H2,1-6H3/b12-11-/t15-,16+,17+,18-,19?,21-,22+,23+,24+/m0/s1. The molecule has 2 N–H and O–H groups in total. The summed E-state index contributed by atoms with van der Waals surface area (Å²) < 4.78 is 23.3. The molecule has 2 aliphatic heterocycles. The van der Waals surface area contributed by atoms with Crippen LogP contribution in [0.1, 0.15) is 54.4 Å². The summed E-state index contributed by atoms with van der Waals surface area (Å²) in [6, 6.07) is 0. The zero-order valence-corrected chi connectivity index (χ0v) is 19.8. The second-order valence-corrected chi connectivity index (χ2v) is 10.3. The summed E-state index contributed by atoms with van der Waals surface area (Å²) in [6.07, 6.45) is 1.80. The molecule has 0 aromatic rings. The predicted molar refractivity (Wildman–Crippen MR) is 114 cm³/mol. The Kier molecular flexibility index (Phi) is 5.35. The van der Waals surface area contributed by atoms with Crippen LogP contribution in [-0.2, 0) is 33.3 Å². The van der Waals surface area contributed by atoms with Crippen molar-refractivity contribution in [1.29, 1.82) is 0 Å². The van der Waals surface area contributed by atoms with Gasteiger partial charge >= 0.3 is 17.9 Å². The minimum absolute atomic E-state index is 0.407. The molecule has 0 radical (unpaired) electrons. The second kappa shape index (κ2) is 7.38. The number of carbonyl (C=O) groups excluding carboxylic acids is 3. The fourth-order valence-electron chi connectivity index (χ4n) is 6.14. The van der Waals surface area contributed by atoms with E-state index in [-0.39, 0.29) is 0 Å². The van der Waals surface area contributed by atoms with Gasteiger partial charge in [0.1, 0.15) is 18.3 Å². The Morgan fingerprint density at radius 2 is 1.79 bits per heavy atom. The van der Waals surface area contributed by atoms with E-state index < -0.39 is 70.5 Å². The van der Waals surface area contributed by atoms with E-state index in [0.717, 1.165) is 5.57 Å². The topological polar surface area (TPSA) is 132 Å². The smallest absolute Gasteiger partial charge is 0.342 e. The van der Waals surface area contributed by atoms with E-state index in [4.69, 9.17) is 18.9 Å². The summed E-state index contributed by atoms with van der Waals surface area (Å²) in [7, 11) is 0. The lowest BCUT2D eigenvalue weighted by Crippen LogP contribution is -2.66. The SMILES string of the molecule is CC(=O)OC1[C@@H]2[C@](C)(O)[C@@H](O)C=C[C@@]2(C)[C@H](OC(C)=O)CC/C(C)=C\[C@H]2OC(=O)[C@@]3(C)O[C@@]123. The van der Waals surface area contributed by atoms with Crippen LogP contribution in [-0.4, -0.2) is 69.3 Å². The van der Waals surface area contributed by atoms with E-state index in [9.17, 15) is 24.6 Å². The molecule has 9 nitrogen and oxygen atoms in total. The Morgan fingerprint density at radius 1 is 1.15 bits per heavy atom. The van der Waals surface area contributed by atoms with Crippen molar-refractivity contribution in [2.24, 2.45) is 11.3 Å². The Hall–Kier alpha value is -2.23. The molecule has 0 bridgehead atoms. The highest BCUT2D eigenvalue weighted by atomic mass is 16.7. The first-order chi connectivity index (χ1) is 15.2. The molecule has 0 aromatic carbocycles. The largest absolute Gasteiger partial charge is 0.462 e. The Bertz CT molecular complexity index is 952. The van der Waals surface area contributed by atoms with Crippen LogP contribution >= 0.6 is 0 Å². The first-order valence-corrected chi connectivity index (χ1v) is 11.2. The summed E-state index contributed by atoms with van der Waals surface area (Å²) in [4.78, 5) is 37.2. The van der Waals surface area contributed by atoms with E-state index in [2.05, 4.69) is 0 Å². The van der Waals surface area contributed by atoms with Crippen LogP contribution in [0.4, 0.5) is 0 Å². The number of epoxide rings is 1. The Labute approximate surface area is 192 Å². The van der Waals surface area contributed by atoms with Crippen molar-refractivity contribution in [3.05, 3.63) is 23.8 Å². The van der Waals surface area contributed by atoms with Crippen LogP contribution in [0.5, 0.6) is 0 Å². The molecule has 4 rings (SSSR count). The van der Waals surface area contributed by atoms with E-state index in [1.54, 1.807) is 26.0 Å². The maximum Gasteiger partial charge on any atom is 0.342 e. The van der Waals surface area contributed by atoms with Crippen LogP contribution in [0.3, 0.4) is 0 Å². The lowest BCUT2D eigenvalue weighted by atomic mass is 9.55. The van der Waals surface area contributed by atoms with Crippen molar-refractivity contribution in [2.45, 2.75) is 95.6 Å². The van der Waals surface area contributed by atoms with Gasteiger partial charge in [0.05, 0.1) is 5.60 Å². The monoisotopic (exact) mass is 464 g/mol. The maximum atomic E-state index is 12.8. The summed E-state index contributed by atoms with van der Waals surface area (Å²) in [5.74, 6) is -2.74. The van der Waals surface area contributed by atoms with Gasteiger partial charge in [0, 0.05) is 25.2 Å². The number of hydrogen-bond donors (Lipinski definition) is 2. The van der Waals surface area contributed by atoms with Gasteiger partial charge in [-0.3, -0.25) is 9.59 Å². The van der Waals surface area contributed by atoms with Gasteiger partial charge in [0.15, 0.2) is 17.3 Å². The van der Waals surface area contributed by atoms with Gasteiger partial charge in [-0.05, 0) is 39.7 Å². The number of allylic oxidation sites excluding steroid dienone is 1. The zero-order valence-electron chi connectivity index (χ0n) is 19.8.